The van der Waals surface area contributed by atoms with Crippen LogP contribution in [0.3, 0.4) is 0 Å². The molecule has 1 rings (SSSR count). The molecule has 66 valence electrons. The van der Waals surface area contributed by atoms with E-state index in [1.165, 1.54) is 0 Å². The van der Waals surface area contributed by atoms with Crippen molar-refractivity contribution in [2.24, 2.45) is 0 Å². The van der Waals surface area contributed by atoms with Crippen molar-refractivity contribution in [2.75, 3.05) is 6.54 Å². The number of aliphatic hydroxyl groups is 1. The average molecular weight is 167 g/mol. The Morgan fingerprint density at radius 1 is 1.75 bits per heavy atom. The van der Waals surface area contributed by atoms with Crippen molar-refractivity contribution in [3.63, 3.8) is 0 Å². The molecule has 0 bridgehead atoms. The highest BCUT2D eigenvalue weighted by molar-refractivity contribution is 5.89. The van der Waals surface area contributed by atoms with Crippen LogP contribution in [-0.2, 0) is 4.79 Å². The zero-order valence-corrected chi connectivity index (χ0v) is 7.18. The molecule has 0 aromatic heterocycles. The fourth-order valence-corrected chi connectivity index (χ4v) is 1.16. The van der Waals surface area contributed by atoms with Gasteiger partial charge in [-0.25, -0.2) is 0 Å². The number of hydrogen-bond donors (Lipinski definition) is 2. The zero-order valence-electron chi connectivity index (χ0n) is 7.18. The molecule has 3 nitrogen and oxygen atoms in total. The largest absolute Gasteiger partial charge is 0.369 e. The molecule has 1 aliphatic rings. The Bertz CT molecular complexity index is 239. The summed E-state index contributed by atoms with van der Waals surface area (Å²) in [6.45, 7) is 2.53. The molecule has 0 aliphatic carbocycles. The third kappa shape index (κ3) is 1.77. The van der Waals surface area contributed by atoms with Gasteiger partial charge in [-0.15, -0.1) is 5.92 Å². The molecule has 1 fully saturated rings. The van der Waals surface area contributed by atoms with Gasteiger partial charge in [0, 0.05) is 13.0 Å². The predicted octanol–water partition coefficient (Wildman–Crippen LogP) is 0.0409. The molecule has 0 aromatic carbocycles. The summed E-state index contributed by atoms with van der Waals surface area (Å²) in [6.07, 6.45) is 1.90. The van der Waals surface area contributed by atoms with Gasteiger partial charge in [0.2, 0.25) is 5.60 Å². The topological polar surface area (TPSA) is 49.3 Å². The van der Waals surface area contributed by atoms with Crippen molar-refractivity contribution < 1.29 is 9.90 Å². The number of rotatable bonds is 0. The van der Waals surface area contributed by atoms with Gasteiger partial charge in [0.25, 0.3) is 5.91 Å². The van der Waals surface area contributed by atoms with E-state index in [1.807, 2.05) is 6.92 Å². The first-order valence-electron chi connectivity index (χ1n) is 4.20. The van der Waals surface area contributed by atoms with E-state index < -0.39 is 5.60 Å². The molecule has 3 heteroatoms. The summed E-state index contributed by atoms with van der Waals surface area (Å²) >= 11 is 0. The number of hydrogen-bond acceptors (Lipinski definition) is 2. The van der Waals surface area contributed by atoms with Crippen LogP contribution in [0.4, 0.5) is 0 Å². The molecule has 1 unspecified atom stereocenters. The molecular formula is C9H13NO2. The predicted molar refractivity (Wildman–Crippen MR) is 45.3 cm³/mol. The van der Waals surface area contributed by atoms with E-state index in [1.54, 1.807) is 0 Å². The molecule has 0 radical (unpaired) electrons. The van der Waals surface area contributed by atoms with Crippen LogP contribution in [-0.4, -0.2) is 23.2 Å². The molecule has 0 aromatic rings. The number of carbonyl (C=O) groups excluding carboxylic acids is 1. The smallest absolute Gasteiger partial charge is 0.264 e. The Morgan fingerprint density at radius 2 is 2.50 bits per heavy atom. The monoisotopic (exact) mass is 167 g/mol. The number of nitrogens with one attached hydrogen (secondary N) is 1. The van der Waals surface area contributed by atoms with Crippen LogP contribution in [0.1, 0.15) is 26.2 Å². The van der Waals surface area contributed by atoms with Crippen molar-refractivity contribution in [3.05, 3.63) is 0 Å². The van der Waals surface area contributed by atoms with Crippen molar-refractivity contribution >= 4 is 5.91 Å². The van der Waals surface area contributed by atoms with Crippen LogP contribution in [0.2, 0.25) is 0 Å². The summed E-state index contributed by atoms with van der Waals surface area (Å²) in [7, 11) is 0. The fraction of sp³-hybridized carbons (Fsp3) is 0.667. The number of carbonyl (C=O) groups is 1. The first-order chi connectivity index (χ1) is 5.69. The van der Waals surface area contributed by atoms with Crippen molar-refractivity contribution in [1.82, 2.24) is 5.32 Å². The lowest BCUT2D eigenvalue weighted by Crippen LogP contribution is -2.50. The van der Waals surface area contributed by atoms with Gasteiger partial charge in [0.05, 0.1) is 0 Å². The minimum Gasteiger partial charge on any atom is -0.369 e. The first-order valence-corrected chi connectivity index (χ1v) is 4.20. The van der Waals surface area contributed by atoms with Gasteiger partial charge in [0.1, 0.15) is 0 Å². The molecule has 1 atom stereocenters. The first kappa shape index (κ1) is 9.08. The summed E-state index contributed by atoms with van der Waals surface area (Å²) in [5.41, 5.74) is -1.42. The third-order valence-electron chi connectivity index (χ3n) is 1.85. The van der Waals surface area contributed by atoms with Gasteiger partial charge in [-0.3, -0.25) is 4.79 Å². The van der Waals surface area contributed by atoms with E-state index in [0.29, 0.717) is 19.4 Å². The van der Waals surface area contributed by atoms with Gasteiger partial charge in [-0.05, 0) is 12.8 Å². The normalized spacial score (nSPS) is 28.7. The molecule has 1 saturated heterocycles. The fourth-order valence-electron chi connectivity index (χ4n) is 1.16. The maximum atomic E-state index is 11.2. The second-order valence-corrected chi connectivity index (χ2v) is 2.88. The van der Waals surface area contributed by atoms with Crippen LogP contribution in [0.5, 0.6) is 0 Å². The molecule has 12 heavy (non-hydrogen) atoms. The van der Waals surface area contributed by atoms with Crippen molar-refractivity contribution in [1.29, 1.82) is 0 Å². The lowest BCUT2D eigenvalue weighted by atomic mass is 9.94. The standard InChI is InChI=1S/C9H13NO2/c1-2-3-5-9(12)6-4-7-10-8(9)11/h12H,2,4,6-7H2,1H3,(H,10,11). The third-order valence-corrected chi connectivity index (χ3v) is 1.85. The molecule has 0 saturated carbocycles. The maximum absolute atomic E-state index is 11.2. The molecule has 1 aliphatic heterocycles. The summed E-state index contributed by atoms with van der Waals surface area (Å²) < 4.78 is 0. The van der Waals surface area contributed by atoms with E-state index in [2.05, 4.69) is 17.2 Å². The summed E-state index contributed by atoms with van der Waals surface area (Å²) in [4.78, 5) is 11.2. The minimum absolute atomic E-state index is 0.352. The second-order valence-electron chi connectivity index (χ2n) is 2.88. The summed E-state index contributed by atoms with van der Waals surface area (Å²) in [5, 5.41) is 12.3. The van der Waals surface area contributed by atoms with Crippen LogP contribution >= 0.6 is 0 Å². The van der Waals surface area contributed by atoms with E-state index in [0.717, 1.165) is 6.42 Å². The Hall–Kier alpha value is -1.01. The second kappa shape index (κ2) is 3.59. The lowest BCUT2D eigenvalue weighted by Gasteiger charge is -2.25. The quantitative estimate of drug-likeness (QED) is 0.500. The van der Waals surface area contributed by atoms with Gasteiger partial charge in [0.15, 0.2) is 0 Å². The van der Waals surface area contributed by atoms with Crippen LogP contribution in [0.25, 0.3) is 0 Å². The van der Waals surface area contributed by atoms with Crippen molar-refractivity contribution in [3.8, 4) is 11.8 Å². The lowest BCUT2D eigenvalue weighted by molar-refractivity contribution is -0.137. The summed E-state index contributed by atoms with van der Waals surface area (Å²) in [5.74, 6) is 4.97. The average Bonchev–Trinajstić information content (AvgIpc) is 2.07. The van der Waals surface area contributed by atoms with Gasteiger partial charge < -0.3 is 10.4 Å². The maximum Gasteiger partial charge on any atom is 0.264 e. The SMILES string of the molecule is CCC#CC1(O)CCCNC1=O. The Morgan fingerprint density at radius 3 is 3.08 bits per heavy atom. The molecular weight excluding hydrogens is 154 g/mol. The highest BCUT2D eigenvalue weighted by Crippen LogP contribution is 2.15. The number of piperidine rings is 1. The Labute approximate surface area is 72.2 Å². The van der Waals surface area contributed by atoms with Crippen LogP contribution < -0.4 is 5.32 Å². The van der Waals surface area contributed by atoms with E-state index in [-0.39, 0.29) is 5.91 Å². The zero-order chi connectivity index (χ0) is 9.03. The van der Waals surface area contributed by atoms with Crippen LogP contribution in [0.15, 0.2) is 0 Å². The van der Waals surface area contributed by atoms with Crippen molar-refractivity contribution in [2.45, 2.75) is 31.8 Å². The molecule has 0 spiro atoms. The minimum atomic E-state index is -1.42. The Balaban J connectivity index is 2.72. The molecule has 1 heterocycles. The highest BCUT2D eigenvalue weighted by Gasteiger charge is 2.35. The highest BCUT2D eigenvalue weighted by atomic mass is 16.3. The van der Waals surface area contributed by atoms with E-state index in [4.69, 9.17) is 0 Å². The number of amides is 1. The Kier molecular flexibility index (Phi) is 2.72. The summed E-state index contributed by atoms with van der Waals surface area (Å²) in [6, 6.07) is 0. The van der Waals surface area contributed by atoms with Gasteiger partial charge >= 0.3 is 0 Å². The van der Waals surface area contributed by atoms with E-state index in [9.17, 15) is 9.90 Å². The van der Waals surface area contributed by atoms with E-state index >= 15 is 0 Å². The van der Waals surface area contributed by atoms with Gasteiger partial charge in [-0.1, -0.05) is 12.8 Å². The molecule has 2 N–H and O–H groups in total. The molecule has 1 amide bonds. The van der Waals surface area contributed by atoms with Crippen LogP contribution in [0, 0.1) is 11.8 Å². The van der Waals surface area contributed by atoms with Gasteiger partial charge in [-0.2, -0.15) is 0 Å².